The van der Waals surface area contributed by atoms with Gasteiger partial charge in [0.15, 0.2) is 6.29 Å². The summed E-state index contributed by atoms with van der Waals surface area (Å²) in [5, 5.41) is 0. The SMILES string of the molecule is C=C[C@](C)(CCC=C(C)C)O[C@H](C)OCC. The first-order valence-electron chi connectivity index (χ1n) is 6.00. The number of hydrogen-bond acceptors (Lipinski definition) is 2. The fourth-order valence-electron chi connectivity index (χ4n) is 1.50. The molecule has 0 rings (SSSR count). The topological polar surface area (TPSA) is 18.5 Å². The summed E-state index contributed by atoms with van der Waals surface area (Å²) in [5.74, 6) is 0. The maximum Gasteiger partial charge on any atom is 0.155 e. The lowest BCUT2D eigenvalue weighted by molar-refractivity contribution is -0.180. The molecule has 0 aromatic rings. The van der Waals surface area contributed by atoms with E-state index < -0.39 is 0 Å². The molecule has 0 bridgehead atoms. The van der Waals surface area contributed by atoms with Crippen LogP contribution in [0.3, 0.4) is 0 Å². The van der Waals surface area contributed by atoms with Crippen LogP contribution >= 0.6 is 0 Å². The zero-order chi connectivity index (χ0) is 12.6. The van der Waals surface area contributed by atoms with E-state index in [1.165, 1.54) is 5.57 Å². The van der Waals surface area contributed by atoms with Crippen molar-refractivity contribution in [2.75, 3.05) is 6.61 Å². The summed E-state index contributed by atoms with van der Waals surface area (Å²) in [5.41, 5.74) is 1.03. The fraction of sp³-hybridized carbons (Fsp3) is 0.714. The molecule has 0 unspecified atom stereocenters. The second-order valence-corrected chi connectivity index (χ2v) is 4.48. The summed E-state index contributed by atoms with van der Waals surface area (Å²) in [4.78, 5) is 0. The van der Waals surface area contributed by atoms with Gasteiger partial charge in [0, 0.05) is 6.61 Å². The maximum absolute atomic E-state index is 5.84. The molecule has 0 N–H and O–H groups in total. The van der Waals surface area contributed by atoms with E-state index in [9.17, 15) is 0 Å². The lowest BCUT2D eigenvalue weighted by atomic mass is 9.99. The van der Waals surface area contributed by atoms with Crippen molar-refractivity contribution in [3.8, 4) is 0 Å². The van der Waals surface area contributed by atoms with Crippen LogP contribution in [-0.4, -0.2) is 18.5 Å². The molecule has 0 aromatic carbocycles. The molecular weight excluding hydrogens is 200 g/mol. The van der Waals surface area contributed by atoms with Crippen molar-refractivity contribution in [3.63, 3.8) is 0 Å². The average Bonchev–Trinajstić information content (AvgIpc) is 2.17. The largest absolute Gasteiger partial charge is 0.353 e. The Morgan fingerprint density at radius 3 is 2.50 bits per heavy atom. The van der Waals surface area contributed by atoms with Crippen molar-refractivity contribution in [3.05, 3.63) is 24.3 Å². The summed E-state index contributed by atoms with van der Waals surface area (Å²) in [7, 11) is 0. The zero-order valence-corrected chi connectivity index (χ0v) is 11.4. The predicted molar refractivity (Wildman–Crippen MR) is 69.4 cm³/mol. The van der Waals surface area contributed by atoms with E-state index in [1.807, 2.05) is 26.8 Å². The van der Waals surface area contributed by atoms with Gasteiger partial charge >= 0.3 is 0 Å². The third kappa shape index (κ3) is 6.81. The Balaban J connectivity index is 4.19. The van der Waals surface area contributed by atoms with Crippen molar-refractivity contribution < 1.29 is 9.47 Å². The first-order chi connectivity index (χ1) is 7.43. The molecule has 2 atom stereocenters. The van der Waals surface area contributed by atoms with E-state index in [1.54, 1.807) is 0 Å². The molecule has 0 fully saturated rings. The molecule has 0 spiro atoms. The summed E-state index contributed by atoms with van der Waals surface area (Å²) in [6.45, 7) is 14.7. The maximum atomic E-state index is 5.84. The van der Waals surface area contributed by atoms with Crippen molar-refractivity contribution in [2.24, 2.45) is 0 Å². The molecule has 94 valence electrons. The monoisotopic (exact) mass is 226 g/mol. The molecule has 0 saturated carbocycles. The van der Waals surface area contributed by atoms with Crippen LogP contribution in [0, 0.1) is 0 Å². The highest BCUT2D eigenvalue weighted by atomic mass is 16.7. The van der Waals surface area contributed by atoms with Crippen LogP contribution in [0.1, 0.15) is 47.5 Å². The van der Waals surface area contributed by atoms with E-state index in [4.69, 9.17) is 9.47 Å². The number of allylic oxidation sites excluding steroid dienone is 2. The van der Waals surface area contributed by atoms with E-state index in [-0.39, 0.29) is 11.9 Å². The van der Waals surface area contributed by atoms with Gasteiger partial charge in [-0.05, 0) is 47.5 Å². The van der Waals surface area contributed by atoms with Crippen LogP contribution in [0.25, 0.3) is 0 Å². The molecule has 0 amide bonds. The minimum atomic E-state index is -0.305. The minimum absolute atomic E-state index is 0.181. The molecule has 0 aliphatic carbocycles. The van der Waals surface area contributed by atoms with Gasteiger partial charge in [0.1, 0.15) is 0 Å². The van der Waals surface area contributed by atoms with E-state index in [2.05, 4.69) is 26.5 Å². The van der Waals surface area contributed by atoms with Crippen LogP contribution in [0.2, 0.25) is 0 Å². The van der Waals surface area contributed by atoms with E-state index in [0.717, 1.165) is 12.8 Å². The highest BCUT2D eigenvalue weighted by molar-refractivity contribution is 4.99. The predicted octanol–water partition coefficient (Wildman–Crippen LogP) is 4.08. The number of ether oxygens (including phenoxy) is 2. The van der Waals surface area contributed by atoms with Gasteiger partial charge in [-0.1, -0.05) is 17.7 Å². The molecule has 0 aromatic heterocycles. The van der Waals surface area contributed by atoms with Crippen molar-refractivity contribution >= 4 is 0 Å². The summed E-state index contributed by atoms with van der Waals surface area (Å²) < 4.78 is 11.2. The van der Waals surface area contributed by atoms with Crippen LogP contribution in [-0.2, 0) is 9.47 Å². The van der Waals surface area contributed by atoms with Gasteiger partial charge in [-0.3, -0.25) is 0 Å². The Hall–Kier alpha value is -0.600. The van der Waals surface area contributed by atoms with E-state index in [0.29, 0.717) is 6.61 Å². The molecule has 0 heterocycles. The molecule has 0 aliphatic rings. The molecule has 16 heavy (non-hydrogen) atoms. The van der Waals surface area contributed by atoms with Crippen molar-refractivity contribution in [2.45, 2.75) is 59.4 Å². The first-order valence-corrected chi connectivity index (χ1v) is 6.00. The van der Waals surface area contributed by atoms with Gasteiger partial charge in [0.25, 0.3) is 0 Å². The Morgan fingerprint density at radius 1 is 1.44 bits per heavy atom. The van der Waals surface area contributed by atoms with Gasteiger partial charge in [-0.15, -0.1) is 6.58 Å². The Morgan fingerprint density at radius 2 is 2.06 bits per heavy atom. The summed E-state index contributed by atoms with van der Waals surface area (Å²) >= 11 is 0. The first kappa shape index (κ1) is 15.4. The zero-order valence-electron chi connectivity index (χ0n) is 11.4. The van der Waals surface area contributed by atoms with Gasteiger partial charge in [-0.25, -0.2) is 0 Å². The van der Waals surface area contributed by atoms with Crippen LogP contribution in [0.15, 0.2) is 24.3 Å². The standard InChI is InChI=1S/C14H26O2/c1-7-14(6,11-9-10-12(3)4)16-13(5)15-8-2/h7,10,13H,1,8-9,11H2,2-6H3/t13-,14-/m1/s1. The Labute approximate surface area is 100 Å². The normalized spacial score (nSPS) is 16.3. The van der Waals surface area contributed by atoms with Gasteiger partial charge < -0.3 is 9.47 Å². The average molecular weight is 226 g/mol. The molecular formula is C14H26O2. The quantitative estimate of drug-likeness (QED) is 0.458. The lowest BCUT2D eigenvalue weighted by Crippen LogP contribution is -2.31. The number of hydrogen-bond donors (Lipinski definition) is 0. The van der Waals surface area contributed by atoms with Gasteiger partial charge in [0.05, 0.1) is 5.60 Å². The van der Waals surface area contributed by atoms with Crippen LogP contribution in [0.4, 0.5) is 0 Å². The minimum Gasteiger partial charge on any atom is -0.353 e. The lowest BCUT2D eigenvalue weighted by Gasteiger charge is -2.29. The highest BCUT2D eigenvalue weighted by Gasteiger charge is 2.23. The van der Waals surface area contributed by atoms with Crippen LogP contribution < -0.4 is 0 Å². The van der Waals surface area contributed by atoms with Crippen molar-refractivity contribution in [1.29, 1.82) is 0 Å². The Kier molecular flexibility index (Phi) is 7.35. The molecule has 0 aliphatic heterocycles. The molecule has 2 nitrogen and oxygen atoms in total. The highest BCUT2D eigenvalue weighted by Crippen LogP contribution is 2.22. The fourth-order valence-corrected chi connectivity index (χ4v) is 1.50. The summed E-state index contributed by atoms with van der Waals surface area (Å²) in [6.07, 6.45) is 5.83. The number of rotatable bonds is 8. The molecule has 2 heteroatoms. The second-order valence-electron chi connectivity index (χ2n) is 4.48. The van der Waals surface area contributed by atoms with Crippen LogP contribution in [0.5, 0.6) is 0 Å². The second kappa shape index (κ2) is 7.64. The third-order valence-corrected chi connectivity index (χ3v) is 2.46. The smallest absolute Gasteiger partial charge is 0.155 e. The molecule has 0 radical (unpaired) electrons. The van der Waals surface area contributed by atoms with Crippen molar-refractivity contribution in [1.82, 2.24) is 0 Å². The third-order valence-electron chi connectivity index (χ3n) is 2.46. The van der Waals surface area contributed by atoms with E-state index >= 15 is 0 Å². The Bertz CT molecular complexity index is 229. The summed E-state index contributed by atoms with van der Waals surface area (Å²) in [6, 6.07) is 0. The van der Waals surface area contributed by atoms with Gasteiger partial charge in [0.2, 0.25) is 0 Å². The molecule has 0 saturated heterocycles. The van der Waals surface area contributed by atoms with Gasteiger partial charge in [-0.2, -0.15) is 0 Å².